The van der Waals surface area contributed by atoms with Crippen LogP contribution >= 0.6 is 0 Å². The summed E-state index contributed by atoms with van der Waals surface area (Å²) in [5, 5.41) is 0. The Morgan fingerprint density at radius 3 is 2.65 bits per heavy atom. The third kappa shape index (κ3) is 3.49. The topological polar surface area (TPSA) is 38.5 Å². The first-order valence-electron chi connectivity index (χ1n) is 7.35. The number of nitrogens with zero attached hydrogens (tertiary/aromatic N) is 1. The first kappa shape index (κ1) is 15.3. The van der Waals surface area contributed by atoms with Crippen LogP contribution in [0.3, 0.4) is 0 Å². The van der Waals surface area contributed by atoms with Crippen molar-refractivity contribution in [2.45, 2.75) is 38.8 Å². The van der Waals surface area contributed by atoms with E-state index >= 15 is 0 Å². The second kappa shape index (κ2) is 6.55. The number of hydrogen-bond donors (Lipinski definition) is 1. The SMILES string of the molecule is COCCN(c1ccc(F)cc1[C@H](C)N)C(C)C1CC1. The molecular weight excluding hydrogens is 255 g/mol. The van der Waals surface area contributed by atoms with E-state index in [4.69, 9.17) is 10.5 Å². The molecule has 0 aliphatic heterocycles. The van der Waals surface area contributed by atoms with E-state index in [0.29, 0.717) is 12.6 Å². The highest BCUT2D eigenvalue weighted by Gasteiger charge is 2.33. The van der Waals surface area contributed by atoms with E-state index in [-0.39, 0.29) is 11.9 Å². The molecule has 1 unspecified atom stereocenters. The zero-order valence-corrected chi connectivity index (χ0v) is 12.6. The summed E-state index contributed by atoms with van der Waals surface area (Å²) >= 11 is 0. The summed E-state index contributed by atoms with van der Waals surface area (Å²) in [6.07, 6.45) is 2.55. The van der Waals surface area contributed by atoms with Crippen LogP contribution in [0.4, 0.5) is 10.1 Å². The second-order valence-electron chi connectivity index (χ2n) is 5.76. The molecule has 1 fully saturated rings. The Morgan fingerprint density at radius 1 is 1.40 bits per heavy atom. The maximum absolute atomic E-state index is 13.5. The van der Waals surface area contributed by atoms with Crippen LogP contribution in [-0.2, 0) is 4.74 Å². The maximum Gasteiger partial charge on any atom is 0.123 e. The molecule has 2 atom stereocenters. The van der Waals surface area contributed by atoms with Crippen molar-refractivity contribution < 1.29 is 9.13 Å². The van der Waals surface area contributed by atoms with Crippen molar-refractivity contribution in [1.29, 1.82) is 0 Å². The smallest absolute Gasteiger partial charge is 0.123 e. The average molecular weight is 280 g/mol. The lowest BCUT2D eigenvalue weighted by atomic mass is 10.0. The van der Waals surface area contributed by atoms with E-state index < -0.39 is 0 Å². The molecule has 0 spiro atoms. The number of methoxy groups -OCH3 is 1. The van der Waals surface area contributed by atoms with Gasteiger partial charge in [-0.05, 0) is 56.4 Å². The van der Waals surface area contributed by atoms with Crippen LogP contribution < -0.4 is 10.6 Å². The summed E-state index contributed by atoms with van der Waals surface area (Å²) in [4.78, 5) is 2.32. The third-order valence-corrected chi connectivity index (χ3v) is 4.12. The first-order chi connectivity index (χ1) is 9.54. The van der Waals surface area contributed by atoms with Gasteiger partial charge in [-0.3, -0.25) is 0 Å². The molecule has 2 rings (SSSR count). The summed E-state index contributed by atoms with van der Waals surface area (Å²) < 4.78 is 18.7. The van der Waals surface area contributed by atoms with E-state index in [0.717, 1.165) is 23.7 Å². The fourth-order valence-corrected chi connectivity index (χ4v) is 2.72. The first-order valence-corrected chi connectivity index (χ1v) is 7.35. The highest BCUT2D eigenvalue weighted by molar-refractivity contribution is 5.56. The van der Waals surface area contributed by atoms with Crippen LogP contribution in [-0.4, -0.2) is 26.3 Å². The Bertz CT molecular complexity index is 446. The minimum absolute atomic E-state index is 0.183. The van der Waals surface area contributed by atoms with Gasteiger partial charge >= 0.3 is 0 Å². The highest BCUT2D eigenvalue weighted by atomic mass is 19.1. The van der Waals surface area contributed by atoms with E-state index in [1.54, 1.807) is 13.2 Å². The fraction of sp³-hybridized carbons (Fsp3) is 0.625. The fourth-order valence-electron chi connectivity index (χ4n) is 2.72. The monoisotopic (exact) mass is 280 g/mol. The molecule has 20 heavy (non-hydrogen) atoms. The Labute approximate surface area is 120 Å². The molecule has 1 saturated carbocycles. The van der Waals surface area contributed by atoms with Crippen LogP contribution in [0.15, 0.2) is 18.2 Å². The average Bonchev–Trinajstić information content (AvgIpc) is 3.24. The molecule has 1 aromatic rings. The largest absolute Gasteiger partial charge is 0.383 e. The number of halogens is 1. The van der Waals surface area contributed by atoms with Gasteiger partial charge in [-0.2, -0.15) is 0 Å². The number of ether oxygens (including phenoxy) is 1. The van der Waals surface area contributed by atoms with Crippen molar-refractivity contribution in [2.75, 3.05) is 25.2 Å². The molecule has 0 bridgehead atoms. The van der Waals surface area contributed by atoms with Gasteiger partial charge in [0.15, 0.2) is 0 Å². The number of anilines is 1. The molecule has 1 aliphatic rings. The van der Waals surface area contributed by atoms with Crippen LogP contribution in [0, 0.1) is 11.7 Å². The molecule has 0 saturated heterocycles. The standard InChI is InChI=1S/C16H25FN2O/c1-11(18)15-10-14(17)6-7-16(15)19(8-9-20-3)12(2)13-4-5-13/h6-7,10-13H,4-5,8-9,18H2,1-3H3/t11-,12?/m0/s1. The van der Waals surface area contributed by atoms with E-state index in [2.05, 4.69) is 11.8 Å². The van der Waals surface area contributed by atoms with Crippen molar-refractivity contribution in [3.8, 4) is 0 Å². The summed E-state index contributed by atoms with van der Waals surface area (Å²) in [6.45, 7) is 5.60. The van der Waals surface area contributed by atoms with E-state index in [1.165, 1.54) is 18.9 Å². The van der Waals surface area contributed by atoms with Gasteiger partial charge < -0.3 is 15.4 Å². The molecule has 0 radical (unpaired) electrons. The molecule has 0 amide bonds. The maximum atomic E-state index is 13.5. The Hall–Kier alpha value is -1.13. The quantitative estimate of drug-likeness (QED) is 0.834. The van der Waals surface area contributed by atoms with Gasteiger partial charge in [-0.15, -0.1) is 0 Å². The molecule has 1 aromatic carbocycles. The number of rotatable bonds is 7. The third-order valence-electron chi connectivity index (χ3n) is 4.12. The van der Waals surface area contributed by atoms with Crippen LogP contribution in [0.1, 0.15) is 38.3 Å². The van der Waals surface area contributed by atoms with E-state index in [9.17, 15) is 4.39 Å². The number of benzene rings is 1. The molecular formula is C16H25FN2O. The molecule has 2 N–H and O–H groups in total. The molecule has 0 aromatic heterocycles. The number of nitrogens with two attached hydrogens (primary N) is 1. The molecule has 0 heterocycles. The Morgan fingerprint density at radius 2 is 2.10 bits per heavy atom. The molecule has 3 nitrogen and oxygen atoms in total. The Kier molecular flexibility index (Phi) is 5.00. The minimum atomic E-state index is -0.230. The summed E-state index contributed by atoms with van der Waals surface area (Å²) in [6, 6.07) is 5.17. The zero-order valence-electron chi connectivity index (χ0n) is 12.6. The van der Waals surface area contributed by atoms with Crippen LogP contribution in [0.5, 0.6) is 0 Å². The zero-order chi connectivity index (χ0) is 14.7. The lowest BCUT2D eigenvalue weighted by molar-refractivity contribution is 0.202. The summed E-state index contributed by atoms with van der Waals surface area (Å²) in [5.74, 6) is 0.504. The lowest BCUT2D eigenvalue weighted by Gasteiger charge is -2.34. The lowest BCUT2D eigenvalue weighted by Crippen LogP contribution is -2.38. The van der Waals surface area contributed by atoms with Crippen molar-refractivity contribution >= 4 is 5.69 Å². The summed E-state index contributed by atoms with van der Waals surface area (Å²) in [7, 11) is 1.71. The minimum Gasteiger partial charge on any atom is -0.383 e. The van der Waals surface area contributed by atoms with Gasteiger partial charge in [0.1, 0.15) is 5.82 Å². The van der Waals surface area contributed by atoms with Gasteiger partial charge in [-0.25, -0.2) is 4.39 Å². The van der Waals surface area contributed by atoms with Crippen LogP contribution in [0.25, 0.3) is 0 Å². The van der Waals surface area contributed by atoms with Crippen molar-refractivity contribution in [1.82, 2.24) is 0 Å². The van der Waals surface area contributed by atoms with Gasteiger partial charge in [0.2, 0.25) is 0 Å². The predicted octanol–water partition coefficient (Wildman–Crippen LogP) is 3.10. The van der Waals surface area contributed by atoms with Crippen molar-refractivity contribution in [2.24, 2.45) is 11.7 Å². The molecule has 4 heteroatoms. The van der Waals surface area contributed by atoms with Gasteiger partial charge in [0, 0.05) is 31.4 Å². The summed E-state index contributed by atoms with van der Waals surface area (Å²) in [5.41, 5.74) is 7.93. The highest BCUT2D eigenvalue weighted by Crippen LogP contribution is 2.38. The van der Waals surface area contributed by atoms with Crippen LogP contribution in [0.2, 0.25) is 0 Å². The van der Waals surface area contributed by atoms with E-state index in [1.807, 2.05) is 13.0 Å². The Balaban J connectivity index is 2.31. The predicted molar refractivity (Wildman–Crippen MR) is 80.4 cm³/mol. The normalized spacial score (nSPS) is 17.9. The molecule has 112 valence electrons. The number of hydrogen-bond acceptors (Lipinski definition) is 3. The van der Waals surface area contributed by atoms with Gasteiger partial charge in [-0.1, -0.05) is 0 Å². The second-order valence-corrected chi connectivity index (χ2v) is 5.76. The van der Waals surface area contributed by atoms with Crippen molar-refractivity contribution in [3.05, 3.63) is 29.6 Å². The molecule has 1 aliphatic carbocycles. The van der Waals surface area contributed by atoms with Gasteiger partial charge in [0.05, 0.1) is 6.61 Å². The van der Waals surface area contributed by atoms with Crippen molar-refractivity contribution in [3.63, 3.8) is 0 Å². The van der Waals surface area contributed by atoms with Gasteiger partial charge in [0.25, 0.3) is 0 Å².